The summed E-state index contributed by atoms with van der Waals surface area (Å²) in [5.74, 6) is 1.65. The van der Waals surface area contributed by atoms with Crippen LogP contribution >= 0.6 is 0 Å². The van der Waals surface area contributed by atoms with E-state index in [0.717, 1.165) is 11.8 Å². The lowest BCUT2D eigenvalue weighted by Crippen LogP contribution is -2.45. The molecule has 24 heavy (non-hydrogen) atoms. The van der Waals surface area contributed by atoms with E-state index in [9.17, 15) is 0 Å². The van der Waals surface area contributed by atoms with Gasteiger partial charge in [0.1, 0.15) is 0 Å². The van der Waals surface area contributed by atoms with E-state index in [1.54, 1.807) is 5.57 Å². The summed E-state index contributed by atoms with van der Waals surface area (Å²) in [6.45, 7) is 12.0. The molecule has 1 saturated heterocycles. The molecule has 0 aromatic carbocycles. The average Bonchev–Trinajstić information content (AvgIpc) is 2.86. The van der Waals surface area contributed by atoms with E-state index < -0.39 is 0 Å². The second-order valence-corrected chi connectivity index (χ2v) is 11.3. The number of rotatable bonds is 0. The molecule has 0 unspecified atom stereocenters. The van der Waals surface area contributed by atoms with Gasteiger partial charge < -0.3 is 4.74 Å². The molecular weight excluding hydrogens is 292 g/mol. The van der Waals surface area contributed by atoms with Crippen molar-refractivity contribution in [2.45, 2.75) is 103 Å². The molecule has 0 radical (unpaired) electrons. The van der Waals surface area contributed by atoms with Crippen molar-refractivity contribution < 1.29 is 4.74 Å². The van der Waals surface area contributed by atoms with Crippen molar-refractivity contribution in [1.29, 1.82) is 0 Å². The monoisotopic (exact) mass is 328 g/mol. The Bertz CT molecular complexity index is 569. The molecule has 0 amide bonds. The van der Waals surface area contributed by atoms with Crippen LogP contribution < -0.4 is 0 Å². The SMILES string of the molecule is C=C1C[C@]2(CCC3(CCCC3)C2)[C@@H]2O[C@]2(C)CC[C@@H]2[C@@H]1CC2(C)C. The zero-order chi connectivity index (χ0) is 16.8. The minimum atomic E-state index is 0.185. The van der Waals surface area contributed by atoms with Crippen LogP contribution in [0.25, 0.3) is 0 Å². The number of hydrogen-bond donors (Lipinski definition) is 0. The van der Waals surface area contributed by atoms with E-state index in [2.05, 4.69) is 27.4 Å². The molecule has 5 fully saturated rings. The smallest absolute Gasteiger partial charge is 0.0930 e. The first kappa shape index (κ1) is 15.9. The molecule has 1 heteroatoms. The molecule has 2 spiro atoms. The largest absolute Gasteiger partial charge is 0.366 e. The Balaban J connectivity index is 1.45. The van der Waals surface area contributed by atoms with Gasteiger partial charge in [-0.15, -0.1) is 0 Å². The first-order chi connectivity index (χ1) is 11.3. The van der Waals surface area contributed by atoms with E-state index in [1.807, 2.05) is 0 Å². The third-order valence-corrected chi connectivity index (χ3v) is 9.28. The molecule has 134 valence electrons. The van der Waals surface area contributed by atoms with E-state index in [0.29, 0.717) is 22.3 Å². The summed E-state index contributed by atoms with van der Waals surface area (Å²) in [5.41, 5.74) is 3.41. The normalized spacial score (nSPS) is 51.5. The Labute approximate surface area is 148 Å². The molecular formula is C23H36O. The number of hydrogen-bond acceptors (Lipinski definition) is 1. The predicted molar refractivity (Wildman–Crippen MR) is 98.8 cm³/mol. The van der Waals surface area contributed by atoms with Crippen molar-refractivity contribution in [2.75, 3.05) is 0 Å². The fourth-order valence-corrected chi connectivity index (χ4v) is 7.95. The first-order valence-corrected chi connectivity index (χ1v) is 10.6. The minimum absolute atomic E-state index is 0.185. The Morgan fingerprint density at radius 1 is 1.00 bits per heavy atom. The predicted octanol–water partition coefficient (Wildman–Crippen LogP) is 6.28. The molecule has 5 rings (SSSR count). The average molecular weight is 329 g/mol. The second-order valence-electron chi connectivity index (χ2n) is 11.3. The van der Waals surface area contributed by atoms with Gasteiger partial charge >= 0.3 is 0 Å². The van der Waals surface area contributed by atoms with E-state index in [-0.39, 0.29) is 5.60 Å². The van der Waals surface area contributed by atoms with Gasteiger partial charge in [0.15, 0.2) is 0 Å². The molecule has 1 nitrogen and oxygen atoms in total. The minimum Gasteiger partial charge on any atom is -0.366 e. The maximum atomic E-state index is 6.50. The van der Waals surface area contributed by atoms with Gasteiger partial charge in [-0.3, -0.25) is 0 Å². The Morgan fingerprint density at radius 2 is 1.75 bits per heavy atom. The maximum absolute atomic E-state index is 6.50. The molecule has 4 saturated carbocycles. The van der Waals surface area contributed by atoms with Crippen LogP contribution in [0.1, 0.15) is 91.4 Å². The van der Waals surface area contributed by atoms with Gasteiger partial charge in [0.2, 0.25) is 0 Å². The molecule has 4 aliphatic carbocycles. The molecule has 1 aliphatic heterocycles. The standard InChI is InChI=1S/C23H36O/c1-16-13-23(12-11-22(15-23)8-5-6-9-22)19-21(4,24-19)10-7-18-17(16)14-20(18,2)3/h17-19H,1,5-15H2,2-4H3/t17-,18-,19-,21-,23+/m1/s1. The van der Waals surface area contributed by atoms with Crippen LogP contribution in [0, 0.1) is 28.1 Å². The summed E-state index contributed by atoms with van der Waals surface area (Å²) < 4.78 is 6.50. The van der Waals surface area contributed by atoms with Gasteiger partial charge in [-0.1, -0.05) is 38.8 Å². The van der Waals surface area contributed by atoms with Crippen LogP contribution in [0.2, 0.25) is 0 Å². The molecule has 0 N–H and O–H groups in total. The highest BCUT2D eigenvalue weighted by atomic mass is 16.6. The van der Waals surface area contributed by atoms with Crippen LogP contribution in [0.5, 0.6) is 0 Å². The molecule has 0 aromatic rings. The van der Waals surface area contributed by atoms with E-state index in [1.165, 1.54) is 70.6 Å². The van der Waals surface area contributed by atoms with Crippen molar-refractivity contribution in [3.8, 4) is 0 Å². The van der Waals surface area contributed by atoms with Crippen molar-refractivity contribution in [1.82, 2.24) is 0 Å². The lowest BCUT2D eigenvalue weighted by molar-refractivity contribution is -0.00547. The van der Waals surface area contributed by atoms with Crippen LogP contribution in [0.15, 0.2) is 12.2 Å². The summed E-state index contributed by atoms with van der Waals surface area (Å²) >= 11 is 0. The Hall–Kier alpha value is -0.300. The highest BCUT2D eigenvalue weighted by molar-refractivity contribution is 5.23. The lowest BCUT2D eigenvalue weighted by Gasteiger charge is -2.53. The molecule has 5 atom stereocenters. The summed E-state index contributed by atoms with van der Waals surface area (Å²) in [5, 5.41) is 0. The zero-order valence-corrected chi connectivity index (χ0v) is 16.1. The van der Waals surface area contributed by atoms with E-state index in [4.69, 9.17) is 4.74 Å². The fourth-order valence-electron chi connectivity index (χ4n) is 7.95. The summed E-state index contributed by atoms with van der Waals surface area (Å²) in [7, 11) is 0. The summed E-state index contributed by atoms with van der Waals surface area (Å²) in [6, 6.07) is 0. The molecule has 1 heterocycles. The van der Waals surface area contributed by atoms with Gasteiger partial charge in [-0.2, -0.15) is 0 Å². The molecule has 0 aromatic heterocycles. The summed E-state index contributed by atoms with van der Waals surface area (Å²) in [6.07, 6.45) is 16.1. The fraction of sp³-hybridized carbons (Fsp3) is 0.913. The number of fused-ring (bicyclic) bond motifs is 3. The third-order valence-electron chi connectivity index (χ3n) is 9.28. The zero-order valence-electron chi connectivity index (χ0n) is 16.1. The maximum Gasteiger partial charge on any atom is 0.0930 e. The quantitative estimate of drug-likeness (QED) is 0.377. The Kier molecular flexibility index (Phi) is 3.12. The van der Waals surface area contributed by atoms with Crippen molar-refractivity contribution in [2.24, 2.45) is 28.1 Å². The van der Waals surface area contributed by atoms with Crippen LogP contribution in [0.4, 0.5) is 0 Å². The lowest BCUT2D eigenvalue weighted by atomic mass is 9.51. The van der Waals surface area contributed by atoms with Crippen LogP contribution in [-0.4, -0.2) is 11.7 Å². The van der Waals surface area contributed by atoms with Crippen molar-refractivity contribution in [3.05, 3.63) is 12.2 Å². The topological polar surface area (TPSA) is 12.5 Å². The van der Waals surface area contributed by atoms with Crippen molar-refractivity contribution in [3.63, 3.8) is 0 Å². The Morgan fingerprint density at radius 3 is 2.46 bits per heavy atom. The van der Waals surface area contributed by atoms with Crippen LogP contribution in [-0.2, 0) is 4.74 Å². The van der Waals surface area contributed by atoms with Crippen LogP contribution in [0.3, 0.4) is 0 Å². The molecule has 5 aliphatic rings. The van der Waals surface area contributed by atoms with Gasteiger partial charge in [-0.25, -0.2) is 0 Å². The number of ether oxygens (including phenoxy) is 1. The van der Waals surface area contributed by atoms with Crippen molar-refractivity contribution >= 4 is 0 Å². The van der Waals surface area contributed by atoms with Gasteiger partial charge in [0.05, 0.1) is 11.7 Å². The van der Waals surface area contributed by atoms with Gasteiger partial charge in [-0.05, 0) is 87.4 Å². The first-order valence-electron chi connectivity index (χ1n) is 10.6. The number of epoxide rings is 1. The van der Waals surface area contributed by atoms with Gasteiger partial charge in [0, 0.05) is 5.41 Å². The third kappa shape index (κ3) is 2.09. The highest BCUT2D eigenvalue weighted by Gasteiger charge is 2.67. The highest BCUT2D eigenvalue weighted by Crippen LogP contribution is 2.69. The van der Waals surface area contributed by atoms with Gasteiger partial charge in [0.25, 0.3) is 0 Å². The number of allylic oxidation sites excluding steroid dienone is 1. The second kappa shape index (κ2) is 4.70. The molecule has 0 bridgehead atoms. The summed E-state index contributed by atoms with van der Waals surface area (Å²) in [4.78, 5) is 0. The van der Waals surface area contributed by atoms with E-state index >= 15 is 0 Å².